The number of hydrogen-bond acceptors (Lipinski definition) is 5. The third-order valence-electron chi connectivity index (χ3n) is 4.46. The Morgan fingerprint density at radius 1 is 1.14 bits per heavy atom. The average Bonchev–Trinajstić information content (AvgIpc) is 3.31. The molecule has 3 rings (SSSR count). The number of nitrogens with two attached hydrogens (primary N) is 1. The Kier molecular flexibility index (Phi) is 6.76. The first-order valence-corrected chi connectivity index (χ1v) is 9.87. The number of aromatic nitrogens is 1. The minimum atomic E-state index is -0.315. The quantitative estimate of drug-likeness (QED) is 0.459. The van der Waals surface area contributed by atoms with E-state index in [2.05, 4.69) is 17.4 Å². The van der Waals surface area contributed by atoms with Crippen molar-refractivity contribution in [2.24, 2.45) is 0 Å². The molecule has 0 aliphatic carbocycles. The number of benzene rings is 1. The zero-order valence-electron chi connectivity index (χ0n) is 15.8. The summed E-state index contributed by atoms with van der Waals surface area (Å²) in [6, 6.07) is 10.8. The van der Waals surface area contributed by atoms with Gasteiger partial charge in [0.25, 0.3) is 5.91 Å². The van der Waals surface area contributed by atoms with Gasteiger partial charge in [-0.2, -0.15) is 0 Å². The summed E-state index contributed by atoms with van der Waals surface area (Å²) >= 11 is 6.04. The van der Waals surface area contributed by atoms with E-state index in [4.69, 9.17) is 26.3 Å². The van der Waals surface area contributed by atoms with Crippen molar-refractivity contribution in [3.05, 3.63) is 47.0 Å². The lowest BCUT2D eigenvalue weighted by Gasteiger charge is -2.05. The second-order valence-corrected chi connectivity index (χ2v) is 7.05. The molecule has 3 N–H and O–H groups in total. The van der Waals surface area contributed by atoms with Crippen molar-refractivity contribution in [1.29, 1.82) is 0 Å². The summed E-state index contributed by atoms with van der Waals surface area (Å²) in [4.78, 5) is 12.6. The lowest BCUT2D eigenvalue weighted by Crippen LogP contribution is -2.25. The summed E-state index contributed by atoms with van der Waals surface area (Å²) in [5.41, 5.74) is 7.15. The number of nitrogens with zero attached hydrogens (tertiary/aromatic N) is 1. The van der Waals surface area contributed by atoms with Gasteiger partial charge in [0.1, 0.15) is 11.3 Å². The van der Waals surface area contributed by atoms with Crippen LogP contribution in [0.15, 0.2) is 45.3 Å². The van der Waals surface area contributed by atoms with Crippen LogP contribution in [0.1, 0.15) is 49.4 Å². The first-order chi connectivity index (χ1) is 13.6. The number of hydrogen-bond donors (Lipinski definition) is 2. The van der Waals surface area contributed by atoms with Crippen LogP contribution >= 0.6 is 11.6 Å². The molecule has 3 aromatic rings. The number of furan rings is 1. The first-order valence-electron chi connectivity index (χ1n) is 9.49. The smallest absolute Gasteiger partial charge is 0.259 e. The van der Waals surface area contributed by atoms with E-state index in [1.54, 1.807) is 24.3 Å². The largest absolute Gasteiger partial charge is 0.454 e. The molecular weight excluding hydrogens is 378 g/mol. The average molecular weight is 402 g/mol. The molecule has 2 heterocycles. The highest BCUT2D eigenvalue weighted by molar-refractivity contribution is 6.30. The third kappa shape index (κ3) is 4.75. The van der Waals surface area contributed by atoms with Gasteiger partial charge in [0.15, 0.2) is 11.5 Å². The molecule has 0 saturated heterocycles. The molecule has 0 fully saturated rings. The van der Waals surface area contributed by atoms with Crippen molar-refractivity contribution in [1.82, 2.24) is 10.5 Å². The first kappa shape index (κ1) is 20.0. The van der Waals surface area contributed by atoms with Crippen molar-refractivity contribution in [2.75, 3.05) is 12.3 Å². The van der Waals surface area contributed by atoms with Gasteiger partial charge in [-0.05, 0) is 30.7 Å². The molecule has 0 spiro atoms. The molecule has 0 unspecified atom stereocenters. The molecule has 148 valence electrons. The minimum Gasteiger partial charge on any atom is -0.454 e. The van der Waals surface area contributed by atoms with Gasteiger partial charge in [0.05, 0.1) is 0 Å². The summed E-state index contributed by atoms with van der Waals surface area (Å²) in [7, 11) is 0. The fourth-order valence-electron chi connectivity index (χ4n) is 2.97. The number of anilines is 1. The number of nitrogens with one attached hydrogen (secondary N) is 1. The van der Waals surface area contributed by atoms with Gasteiger partial charge >= 0.3 is 0 Å². The fourth-order valence-corrected chi connectivity index (χ4v) is 3.16. The molecule has 0 radical (unpaired) electrons. The van der Waals surface area contributed by atoms with Crippen LogP contribution in [-0.2, 0) is 0 Å². The standard InChI is InChI=1S/C21H24ClN3O3/c1-2-3-4-5-6-12-24-21(26)18-19(25-28-20(18)23)17-11-10-16(27-17)14-8-7-9-15(22)13-14/h7-11,13H,2-6,12,23H2,1H3,(H,24,26). The number of halogens is 1. The highest BCUT2D eigenvalue weighted by Crippen LogP contribution is 2.32. The Morgan fingerprint density at radius 2 is 1.93 bits per heavy atom. The van der Waals surface area contributed by atoms with Crippen molar-refractivity contribution in [3.63, 3.8) is 0 Å². The van der Waals surface area contributed by atoms with E-state index in [0.717, 1.165) is 18.4 Å². The van der Waals surface area contributed by atoms with E-state index in [1.165, 1.54) is 19.3 Å². The maximum Gasteiger partial charge on any atom is 0.259 e. The van der Waals surface area contributed by atoms with E-state index in [9.17, 15) is 4.79 Å². The lowest BCUT2D eigenvalue weighted by atomic mass is 10.1. The molecule has 1 amide bonds. The van der Waals surface area contributed by atoms with Crippen molar-refractivity contribution >= 4 is 23.4 Å². The zero-order valence-corrected chi connectivity index (χ0v) is 16.6. The van der Waals surface area contributed by atoms with Gasteiger partial charge in [-0.1, -0.05) is 61.5 Å². The summed E-state index contributed by atoms with van der Waals surface area (Å²) < 4.78 is 10.9. The third-order valence-corrected chi connectivity index (χ3v) is 4.70. The summed E-state index contributed by atoms with van der Waals surface area (Å²) in [6.07, 6.45) is 5.58. The number of rotatable bonds is 9. The maximum absolute atomic E-state index is 12.6. The molecule has 0 saturated carbocycles. The predicted molar refractivity (Wildman–Crippen MR) is 110 cm³/mol. The number of nitrogen functional groups attached to an aromatic ring is 1. The monoisotopic (exact) mass is 401 g/mol. The zero-order chi connectivity index (χ0) is 19.9. The van der Waals surface area contributed by atoms with Crippen LogP contribution in [0.25, 0.3) is 22.8 Å². The SMILES string of the molecule is CCCCCCCNC(=O)c1c(-c2ccc(-c3cccc(Cl)c3)o2)noc1N. The molecule has 2 aromatic heterocycles. The van der Waals surface area contributed by atoms with Gasteiger partial charge in [0, 0.05) is 17.1 Å². The molecule has 0 aliphatic rings. The topological polar surface area (TPSA) is 94.3 Å². The molecule has 0 atom stereocenters. The van der Waals surface area contributed by atoms with Crippen molar-refractivity contribution < 1.29 is 13.7 Å². The Labute approximate surface area is 169 Å². The Morgan fingerprint density at radius 3 is 2.71 bits per heavy atom. The normalized spacial score (nSPS) is 10.9. The lowest BCUT2D eigenvalue weighted by molar-refractivity contribution is 0.0954. The predicted octanol–water partition coefficient (Wildman–Crippen LogP) is 5.54. The van der Waals surface area contributed by atoms with Crippen LogP contribution in [0.2, 0.25) is 5.02 Å². The Hall–Kier alpha value is -2.73. The highest BCUT2D eigenvalue weighted by Gasteiger charge is 2.24. The van der Waals surface area contributed by atoms with E-state index >= 15 is 0 Å². The minimum absolute atomic E-state index is 0.0285. The van der Waals surface area contributed by atoms with Gasteiger partial charge in [0.2, 0.25) is 5.88 Å². The molecule has 0 bridgehead atoms. The summed E-state index contributed by atoms with van der Waals surface area (Å²) in [5.74, 6) is 0.675. The molecule has 28 heavy (non-hydrogen) atoms. The second kappa shape index (κ2) is 9.46. The Bertz CT molecular complexity index is 933. The van der Waals surface area contributed by atoms with Crippen molar-refractivity contribution in [3.8, 4) is 22.8 Å². The van der Waals surface area contributed by atoms with Gasteiger partial charge in [-0.25, -0.2) is 0 Å². The maximum atomic E-state index is 12.6. The molecule has 7 heteroatoms. The number of carbonyl (C=O) groups excluding carboxylic acids is 1. The number of unbranched alkanes of at least 4 members (excludes halogenated alkanes) is 4. The van der Waals surface area contributed by atoms with Crippen molar-refractivity contribution in [2.45, 2.75) is 39.0 Å². The van der Waals surface area contributed by atoms with Crippen LogP contribution < -0.4 is 11.1 Å². The highest BCUT2D eigenvalue weighted by atomic mass is 35.5. The summed E-state index contributed by atoms with van der Waals surface area (Å²) in [5, 5.41) is 7.41. The molecule has 0 aliphatic heterocycles. The number of carbonyl (C=O) groups is 1. The van der Waals surface area contributed by atoms with E-state index in [1.807, 2.05) is 12.1 Å². The Balaban J connectivity index is 1.71. The fraction of sp³-hybridized carbons (Fsp3) is 0.333. The van der Waals surface area contributed by atoms with Gasteiger partial charge in [-0.15, -0.1) is 0 Å². The summed E-state index contributed by atoms with van der Waals surface area (Å²) in [6.45, 7) is 2.75. The van der Waals surface area contributed by atoms with E-state index in [0.29, 0.717) is 23.1 Å². The van der Waals surface area contributed by atoms with Crippen LogP contribution in [0.5, 0.6) is 0 Å². The van der Waals surface area contributed by atoms with Gasteiger partial charge < -0.3 is 20.0 Å². The van der Waals surface area contributed by atoms with Crippen LogP contribution in [-0.4, -0.2) is 17.6 Å². The molecular formula is C21H24ClN3O3. The second-order valence-electron chi connectivity index (χ2n) is 6.61. The van der Waals surface area contributed by atoms with E-state index < -0.39 is 0 Å². The van der Waals surface area contributed by atoms with Crippen LogP contribution in [0.3, 0.4) is 0 Å². The molecule has 6 nitrogen and oxygen atoms in total. The number of amides is 1. The molecule has 1 aromatic carbocycles. The van der Waals surface area contributed by atoms with Crippen LogP contribution in [0.4, 0.5) is 5.88 Å². The van der Waals surface area contributed by atoms with E-state index in [-0.39, 0.29) is 23.0 Å². The van der Waals surface area contributed by atoms with Gasteiger partial charge in [-0.3, -0.25) is 4.79 Å². The van der Waals surface area contributed by atoms with Crippen LogP contribution in [0, 0.1) is 0 Å².